The second-order valence-electron chi connectivity index (χ2n) is 4.81. The predicted octanol–water partition coefficient (Wildman–Crippen LogP) is 1.19. The Balaban J connectivity index is 1.49. The third kappa shape index (κ3) is 3.87. The first-order valence-corrected chi connectivity index (χ1v) is 10.2. The van der Waals surface area contributed by atoms with Crippen LogP contribution in [0.5, 0.6) is 0 Å². The number of amides is 1. The molecule has 3 rings (SSSR count). The second kappa shape index (κ2) is 6.39. The number of thiophene rings is 1. The van der Waals surface area contributed by atoms with Crippen LogP contribution < -0.4 is 5.32 Å². The molecular weight excluding hydrogens is 346 g/mol. The molecule has 1 amide bonds. The minimum absolute atomic E-state index is 0.0203. The largest absolute Gasteiger partial charge is 0.410 e. The van der Waals surface area contributed by atoms with E-state index in [1.54, 1.807) is 0 Å². The van der Waals surface area contributed by atoms with Gasteiger partial charge in [-0.05, 0) is 17.9 Å². The molecule has 0 spiro atoms. The Hall–Kier alpha value is -1.39. The standard InChI is InChI=1S/C12H13N3O4S3/c16-10(13-8-3-5-22(17,18)7-8)6-21-12-15-14-11(19-12)9-2-1-4-20-9/h1-2,4,8H,3,5-7H2,(H,13,16)/t8-/m1/s1. The van der Waals surface area contributed by atoms with Crippen molar-refractivity contribution >= 4 is 38.8 Å². The highest BCUT2D eigenvalue weighted by Crippen LogP contribution is 2.26. The van der Waals surface area contributed by atoms with E-state index in [9.17, 15) is 13.2 Å². The molecule has 1 atom stereocenters. The molecule has 7 nitrogen and oxygen atoms in total. The monoisotopic (exact) mass is 359 g/mol. The van der Waals surface area contributed by atoms with E-state index in [0.717, 1.165) is 16.6 Å². The summed E-state index contributed by atoms with van der Waals surface area (Å²) in [5, 5.41) is 12.7. The third-order valence-corrected chi connectivity index (χ3v) is 6.51. The van der Waals surface area contributed by atoms with Gasteiger partial charge in [0.25, 0.3) is 11.1 Å². The molecule has 2 aromatic heterocycles. The summed E-state index contributed by atoms with van der Waals surface area (Å²) in [6.07, 6.45) is 0.474. The van der Waals surface area contributed by atoms with Crippen molar-refractivity contribution in [3.05, 3.63) is 17.5 Å². The molecule has 10 heteroatoms. The van der Waals surface area contributed by atoms with E-state index in [1.165, 1.54) is 11.3 Å². The van der Waals surface area contributed by atoms with Gasteiger partial charge in [0.05, 0.1) is 22.1 Å². The number of aromatic nitrogens is 2. The molecule has 22 heavy (non-hydrogen) atoms. The Labute approximate surface area is 135 Å². The van der Waals surface area contributed by atoms with E-state index in [-0.39, 0.29) is 29.2 Å². The number of carbonyl (C=O) groups excluding carboxylic acids is 1. The highest BCUT2D eigenvalue weighted by molar-refractivity contribution is 7.99. The maximum absolute atomic E-state index is 11.8. The number of thioether (sulfide) groups is 1. The summed E-state index contributed by atoms with van der Waals surface area (Å²) in [6.45, 7) is 0. The maximum atomic E-state index is 11.8. The van der Waals surface area contributed by atoms with Crippen LogP contribution in [0, 0.1) is 0 Å². The minimum atomic E-state index is -2.99. The van der Waals surface area contributed by atoms with Gasteiger partial charge in [-0.2, -0.15) is 0 Å². The number of rotatable bonds is 5. The van der Waals surface area contributed by atoms with E-state index in [2.05, 4.69) is 15.5 Å². The van der Waals surface area contributed by atoms with Gasteiger partial charge >= 0.3 is 0 Å². The minimum Gasteiger partial charge on any atom is -0.410 e. The van der Waals surface area contributed by atoms with Crippen molar-refractivity contribution in [1.82, 2.24) is 15.5 Å². The van der Waals surface area contributed by atoms with Gasteiger partial charge in [-0.25, -0.2) is 8.42 Å². The fourth-order valence-corrected chi connectivity index (χ4v) is 4.97. The molecule has 1 aliphatic heterocycles. The zero-order valence-electron chi connectivity index (χ0n) is 11.4. The van der Waals surface area contributed by atoms with Crippen LogP contribution in [0.1, 0.15) is 6.42 Å². The summed E-state index contributed by atoms with van der Waals surface area (Å²) < 4.78 is 28.1. The Morgan fingerprint density at radius 1 is 1.50 bits per heavy atom. The summed E-state index contributed by atoms with van der Waals surface area (Å²) in [6, 6.07) is 3.47. The van der Waals surface area contributed by atoms with Crippen molar-refractivity contribution < 1.29 is 17.6 Å². The normalized spacial score (nSPS) is 20.1. The molecule has 3 heterocycles. The summed E-state index contributed by atoms with van der Waals surface area (Å²) in [4.78, 5) is 12.7. The van der Waals surface area contributed by atoms with Gasteiger partial charge in [0, 0.05) is 6.04 Å². The Bertz CT molecular complexity index is 754. The Kier molecular flexibility index (Phi) is 4.50. The first kappa shape index (κ1) is 15.5. The molecule has 0 unspecified atom stereocenters. The van der Waals surface area contributed by atoms with Gasteiger partial charge in [-0.15, -0.1) is 21.5 Å². The molecule has 1 fully saturated rings. The molecule has 2 aromatic rings. The maximum Gasteiger partial charge on any atom is 0.277 e. The van der Waals surface area contributed by atoms with Crippen LogP contribution in [0.2, 0.25) is 0 Å². The van der Waals surface area contributed by atoms with Crippen molar-refractivity contribution in [3.63, 3.8) is 0 Å². The van der Waals surface area contributed by atoms with Gasteiger partial charge < -0.3 is 9.73 Å². The van der Waals surface area contributed by atoms with Gasteiger partial charge in [0.1, 0.15) is 0 Å². The molecule has 0 bridgehead atoms. The average Bonchev–Trinajstić information content (AvgIpc) is 3.16. The number of hydrogen-bond donors (Lipinski definition) is 1. The molecule has 118 valence electrons. The molecule has 1 saturated heterocycles. The summed E-state index contributed by atoms with van der Waals surface area (Å²) >= 11 is 2.63. The number of sulfone groups is 1. The second-order valence-corrected chi connectivity index (χ2v) is 8.91. The lowest BCUT2D eigenvalue weighted by Crippen LogP contribution is -2.36. The summed E-state index contributed by atoms with van der Waals surface area (Å²) in [5.41, 5.74) is 0. The van der Waals surface area contributed by atoms with Crippen molar-refractivity contribution in [1.29, 1.82) is 0 Å². The van der Waals surface area contributed by atoms with Gasteiger partial charge in [-0.1, -0.05) is 17.8 Å². The smallest absolute Gasteiger partial charge is 0.277 e. The van der Waals surface area contributed by atoms with E-state index in [4.69, 9.17) is 4.42 Å². The Morgan fingerprint density at radius 3 is 3.05 bits per heavy atom. The Morgan fingerprint density at radius 2 is 2.36 bits per heavy atom. The fourth-order valence-electron chi connectivity index (χ4n) is 2.07. The van der Waals surface area contributed by atoms with Crippen LogP contribution in [0.4, 0.5) is 0 Å². The average molecular weight is 359 g/mol. The molecule has 0 aromatic carbocycles. The van der Waals surface area contributed by atoms with Crippen LogP contribution in [-0.2, 0) is 14.6 Å². The van der Waals surface area contributed by atoms with Crippen molar-refractivity contribution in [2.75, 3.05) is 17.3 Å². The SMILES string of the molecule is O=C(CSc1nnc(-c2cccs2)o1)N[C@@H]1CCS(=O)(=O)C1. The molecule has 1 aliphatic rings. The van der Waals surface area contributed by atoms with Crippen LogP contribution in [0.15, 0.2) is 27.2 Å². The first-order chi connectivity index (χ1) is 10.5. The van der Waals surface area contributed by atoms with Gasteiger partial charge in [0.15, 0.2) is 9.84 Å². The highest BCUT2D eigenvalue weighted by Gasteiger charge is 2.28. The molecule has 1 N–H and O–H groups in total. The summed E-state index contributed by atoms with van der Waals surface area (Å²) in [5.74, 6) is 0.469. The van der Waals surface area contributed by atoms with Crippen LogP contribution in [0.25, 0.3) is 10.8 Å². The van der Waals surface area contributed by atoms with Crippen molar-refractivity contribution in [3.8, 4) is 10.8 Å². The van der Waals surface area contributed by atoms with Crippen molar-refractivity contribution in [2.24, 2.45) is 0 Å². The van der Waals surface area contributed by atoms with E-state index < -0.39 is 9.84 Å². The van der Waals surface area contributed by atoms with E-state index >= 15 is 0 Å². The molecule has 0 saturated carbocycles. The number of hydrogen-bond acceptors (Lipinski definition) is 8. The number of nitrogens with zero attached hydrogens (tertiary/aromatic N) is 2. The van der Waals surface area contributed by atoms with Crippen LogP contribution in [0.3, 0.4) is 0 Å². The highest BCUT2D eigenvalue weighted by atomic mass is 32.2. The van der Waals surface area contributed by atoms with Crippen LogP contribution >= 0.6 is 23.1 Å². The van der Waals surface area contributed by atoms with Crippen LogP contribution in [-0.4, -0.2) is 47.8 Å². The summed E-state index contributed by atoms with van der Waals surface area (Å²) in [7, 11) is -2.99. The molecule has 0 radical (unpaired) electrons. The lowest BCUT2D eigenvalue weighted by Gasteiger charge is -2.09. The zero-order valence-corrected chi connectivity index (χ0v) is 13.8. The van der Waals surface area contributed by atoms with Gasteiger partial charge in [0.2, 0.25) is 5.91 Å². The van der Waals surface area contributed by atoms with E-state index in [1.807, 2.05) is 17.5 Å². The fraction of sp³-hybridized carbons (Fsp3) is 0.417. The quantitative estimate of drug-likeness (QED) is 0.800. The molecule has 0 aliphatic carbocycles. The molecular formula is C12H13N3O4S3. The zero-order chi connectivity index (χ0) is 15.6. The first-order valence-electron chi connectivity index (χ1n) is 6.52. The lowest BCUT2D eigenvalue weighted by atomic mass is 10.3. The number of nitrogens with one attached hydrogen (secondary N) is 1. The third-order valence-electron chi connectivity index (χ3n) is 3.06. The predicted molar refractivity (Wildman–Crippen MR) is 83.5 cm³/mol. The van der Waals surface area contributed by atoms with Gasteiger partial charge in [-0.3, -0.25) is 4.79 Å². The topological polar surface area (TPSA) is 102 Å². The van der Waals surface area contributed by atoms with E-state index in [0.29, 0.717) is 17.5 Å². The number of carbonyl (C=O) groups is 1. The lowest BCUT2D eigenvalue weighted by molar-refractivity contribution is -0.119. The van der Waals surface area contributed by atoms with Crippen molar-refractivity contribution in [2.45, 2.75) is 17.7 Å².